The zero-order valence-electron chi connectivity index (χ0n) is 9.55. The molecule has 2 aromatic rings. The largest absolute Gasteiger partial charge is 0.440 e. The van der Waals surface area contributed by atoms with Gasteiger partial charge in [-0.05, 0) is 18.2 Å². The minimum absolute atomic E-state index is 0.177. The fourth-order valence-electron chi connectivity index (χ4n) is 2.25. The quantitative estimate of drug-likeness (QED) is 0.798. The van der Waals surface area contributed by atoms with Crippen LogP contribution in [0.4, 0.5) is 0 Å². The van der Waals surface area contributed by atoms with Crippen LogP contribution >= 0.6 is 0 Å². The van der Waals surface area contributed by atoms with Gasteiger partial charge in [-0.15, -0.1) is 0 Å². The number of para-hydroxylation sites is 1. The number of H-pyrrole nitrogens is 1. The number of ether oxygens (including phenoxy) is 1. The van der Waals surface area contributed by atoms with Crippen LogP contribution in [0.1, 0.15) is 17.2 Å². The van der Waals surface area contributed by atoms with Crippen LogP contribution in [-0.2, 0) is 0 Å². The van der Waals surface area contributed by atoms with Crippen molar-refractivity contribution >= 4 is 0 Å². The summed E-state index contributed by atoms with van der Waals surface area (Å²) in [5.41, 5.74) is 8.15. The molecule has 0 saturated heterocycles. The van der Waals surface area contributed by atoms with E-state index < -0.39 is 0 Å². The Morgan fingerprint density at radius 2 is 2.06 bits per heavy atom. The second kappa shape index (κ2) is 3.97. The average Bonchev–Trinajstić information content (AvgIpc) is 2.90. The number of hydrogen-bond donors (Lipinski definition) is 2. The van der Waals surface area contributed by atoms with Crippen molar-refractivity contribution in [2.24, 2.45) is 5.73 Å². The van der Waals surface area contributed by atoms with E-state index in [-0.39, 0.29) is 11.8 Å². The topological polar surface area (TPSA) is 74.8 Å². The molecule has 88 valence electrons. The molecule has 0 bridgehead atoms. The summed E-state index contributed by atoms with van der Waals surface area (Å²) in [6.45, 7) is 0. The standard InChI is InChI=1S/C14H11N3O/c15-8-10-13(11-5-3-7-17-11)9-4-1-2-6-12(9)18-14(10)16/h1-7,13,17H,16H2/t13-/m1/s1. The van der Waals surface area contributed by atoms with Gasteiger partial charge < -0.3 is 15.5 Å². The van der Waals surface area contributed by atoms with Crippen molar-refractivity contribution in [2.75, 3.05) is 0 Å². The molecule has 1 aromatic carbocycles. The van der Waals surface area contributed by atoms with Crippen molar-refractivity contribution in [1.82, 2.24) is 4.98 Å². The van der Waals surface area contributed by atoms with Crippen molar-refractivity contribution in [2.45, 2.75) is 5.92 Å². The van der Waals surface area contributed by atoms with Gasteiger partial charge in [-0.3, -0.25) is 0 Å². The molecule has 1 aliphatic heterocycles. The highest BCUT2D eigenvalue weighted by atomic mass is 16.5. The Morgan fingerprint density at radius 1 is 1.22 bits per heavy atom. The zero-order valence-corrected chi connectivity index (χ0v) is 9.55. The summed E-state index contributed by atoms with van der Waals surface area (Å²) in [4.78, 5) is 3.14. The Bertz CT molecular complexity index is 650. The predicted octanol–water partition coefficient (Wildman–Crippen LogP) is 2.23. The highest BCUT2D eigenvalue weighted by molar-refractivity contribution is 5.54. The second-order valence-corrected chi connectivity index (χ2v) is 4.09. The van der Waals surface area contributed by atoms with Crippen LogP contribution in [0.5, 0.6) is 5.75 Å². The molecule has 1 aliphatic rings. The van der Waals surface area contributed by atoms with E-state index in [9.17, 15) is 5.26 Å². The van der Waals surface area contributed by atoms with Crippen molar-refractivity contribution < 1.29 is 4.74 Å². The number of aromatic amines is 1. The van der Waals surface area contributed by atoms with Gasteiger partial charge in [0.05, 0.1) is 5.92 Å². The maximum Gasteiger partial charge on any atom is 0.205 e. The predicted molar refractivity (Wildman–Crippen MR) is 66.5 cm³/mol. The summed E-state index contributed by atoms with van der Waals surface area (Å²) in [5.74, 6) is 0.694. The lowest BCUT2D eigenvalue weighted by Gasteiger charge is -2.25. The highest BCUT2D eigenvalue weighted by Gasteiger charge is 2.30. The summed E-state index contributed by atoms with van der Waals surface area (Å²) in [7, 11) is 0. The zero-order chi connectivity index (χ0) is 12.5. The maximum absolute atomic E-state index is 9.27. The van der Waals surface area contributed by atoms with E-state index in [0.717, 1.165) is 11.3 Å². The Hall–Kier alpha value is -2.67. The smallest absolute Gasteiger partial charge is 0.205 e. The fraction of sp³-hybridized carbons (Fsp3) is 0.0714. The van der Waals surface area contributed by atoms with Crippen molar-refractivity contribution in [3.8, 4) is 11.8 Å². The number of allylic oxidation sites excluding steroid dienone is 1. The minimum Gasteiger partial charge on any atom is -0.440 e. The first-order chi connectivity index (χ1) is 8.81. The van der Waals surface area contributed by atoms with Gasteiger partial charge in [0.15, 0.2) is 0 Å². The molecule has 0 spiro atoms. The lowest BCUT2D eigenvalue weighted by atomic mass is 9.87. The van der Waals surface area contributed by atoms with Crippen molar-refractivity contribution in [3.05, 3.63) is 65.3 Å². The van der Waals surface area contributed by atoms with E-state index >= 15 is 0 Å². The molecule has 4 heteroatoms. The number of nitriles is 1. The van der Waals surface area contributed by atoms with Crippen LogP contribution in [0, 0.1) is 11.3 Å². The molecular formula is C14H11N3O. The lowest BCUT2D eigenvalue weighted by Crippen LogP contribution is -2.21. The van der Waals surface area contributed by atoms with Crippen LogP contribution in [0.2, 0.25) is 0 Å². The third-order valence-corrected chi connectivity index (χ3v) is 3.06. The van der Waals surface area contributed by atoms with E-state index in [1.54, 1.807) is 0 Å². The van der Waals surface area contributed by atoms with Crippen LogP contribution in [-0.4, -0.2) is 4.98 Å². The molecule has 3 N–H and O–H groups in total. The number of nitrogens with zero attached hydrogens (tertiary/aromatic N) is 1. The van der Waals surface area contributed by atoms with E-state index in [1.807, 2.05) is 42.6 Å². The molecule has 4 nitrogen and oxygen atoms in total. The lowest BCUT2D eigenvalue weighted by molar-refractivity contribution is 0.393. The van der Waals surface area contributed by atoms with Crippen molar-refractivity contribution in [3.63, 3.8) is 0 Å². The summed E-state index contributed by atoms with van der Waals surface area (Å²) in [6, 6.07) is 13.6. The number of fused-ring (bicyclic) bond motifs is 1. The average molecular weight is 237 g/mol. The minimum atomic E-state index is -0.185. The molecule has 2 heterocycles. The molecule has 1 atom stereocenters. The number of nitrogens with two attached hydrogens (primary N) is 1. The van der Waals surface area contributed by atoms with Gasteiger partial charge in [-0.2, -0.15) is 5.26 Å². The third kappa shape index (κ3) is 1.45. The summed E-state index contributed by atoms with van der Waals surface area (Å²) in [5, 5.41) is 9.27. The summed E-state index contributed by atoms with van der Waals surface area (Å²) in [6.07, 6.45) is 1.83. The Balaban J connectivity index is 2.23. The molecule has 18 heavy (non-hydrogen) atoms. The Kier molecular flexibility index (Phi) is 2.31. The second-order valence-electron chi connectivity index (χ2n) is 4.09. The first-order valence-electron chi connectivity index (χ1n) is 5.61. The molecule has 1 aromatic heterocycles. The molecule has 0 amide bonds. The summed E-state index contributed by atoms with van der Waals surface area (Å²) < 4.78 is 5.48. The molecule has 0 fully saturated rings. The van der Waals surface area contributed by atoms with E-state index in [0.29, 0.717) is 11.3 Å². The summed E-state index contributed by atoms with van der Waals surface area (Å²) >= 11 is 0. The molecular weight excluding hydrogens is 226 g/mol. The van der Waals surface area contributed by atoms with Crippen LogP contribution in [0.3, 0.4) is 0 Å². The number of hydrogen-bond acceptors (Lipinski definition) is 3. The molecule has 0 aliphatic carbocycles. The van der Waals surface area contributed by atoms with Gasteiger partial charge in [0, 0.05) is 17.5 Å². The molecule has 0 unspecified atom stereocenters. The number of nitrogens with one attached hydrogen (secondary N) is 1. The number of rotatable bonds is 1. The van der Waals surface area contributed by atoms with Gasteiger partial charge in [0.25, 0.3) is 0 Å². The van der Waals surface area contributed by atoms with E-state index in [1.165, 1.54) is 0 Å². The van der Waals surface area contributed by atoms with Crippen LogP contribution in [0.15, 0.2) is 54.1 Å². The van der Waals surface area contributed by atoms with Gasteiger partial charge in [0.2, 0.25) is 5.88 Å². The maximum atomic E-state index is 9.27. The normalized spacial score (nSPS) is 17.8. The molecule has 0 radical (unpaired) electrons. The van der Waals surface area contributed by atoms with Gasteiger partial charge in [0.1, 0.15) is 17.4 Å². The SMILES string of the molecule is N#CC1=C(N)Oc2ccccc2[C@H]1c1ccc[nH]1. The number of aromatic nitrogens is 1. The third-order valence-electron chi connectivity index (χ3n) is 3.06. The van der Waals surface area contributed by atoms with E-state index in [4.69, 9.17) is 10.5 Å². The first-order valence-corrected chi connectivity index (χ1v) is 5.61. The molecule has 3 rings (SSSR count). The highest BCUT2D eigenvalue weighted by Crippen LogP contribution is 2.40. The van der Waals surface area contributed by atoms with Crippen molar-refractivity contribution in [1.29, 1.82) is 5.26 Å². The number of benzene rings is 1. The Labute approximate surface area is 104 Å². The van der Waals surface area contributed by atoms with Gasteiger partial charge in [-0.25, -0.2) is 0 Å². The van der Waals surface area contributed by atoms with E-state index in [2.05, 4.69) is 11.1 Å². The van der Waals surface area contributed by atoms with Gasteiger partial charge >= 0.3 is 0 Å². The van der Waals surface area contributed by atoms with Crippen LogP contribution in [0.25, 0.3) is 0 Å². The molecule has 0 saturated carbocycles. The monoisotopic (exact) mass is 237 g/mol. The van der Waals surface area contributed by atoms with Gasteiger partial charge in [-0.1, -0.05) is 18.2 Å². The Morgan fingerprint density at radius 3 is 2.78 bits per heavy atom. The first kappa shape index (κ1) is 10.5. The van der Waals surface area contributed by atoms with Crippen LogP contribution < -0.4 is 10.5 Å². The fourth-order valence-corrected chi connectivity index (χ4v) is 2.25.